The lowest BCUT2D eigenvalue weighted by atomic mass is 9.92. The summed E-state index contributed by atoms with van der Waals surface area (Å²) in [5, 5.41) is 11.7. The van der Waals surface area contributed by atoms with E-state index in [1.807, 2.05) is 42.2 Å². The minimum absolute atomic E-state index is 0.122. The second-order valence-electron chi connectivity index (χ2n) is 7.05. The van der Waals surface area contributed by atoms with Crippen LogP contribution in [0.25, 0.3) is 10.1 Å². The van der Waals surface area contributed by atoms with Gasteiger partial charge in [0.05, 0.1) is 17.6 Å². The van der Waals surface area contributed by atoms with Gasteiger partial charge in [0.1, 0.15) is 11.6 Å². The molecule has 2 heterocycles. The Morgan fingerprint density at radius 2 is 2.00 bits per heavy atom. The van der Waals surface area contributed by atoms with Crippen LogP contribution in [0, 0.1) is 0 Å². The van der Waals surface area contributed by atoms with E-state index in [4.69, 9.17) is 20.6 Å². The van der Waals surface area contributed by atoms with E-state index in [0.717, 1.165) is 26.1 Å². The summed E-state index contributed by atoms with van der Waals surface area (Å²) in [6.07, 6.45) is 0.444. The Morgan fingerprint density at radius 1 is 1.27 bits per heavy atom. The lowest BCUT2D eigenvalue weighted by Gasteiger charge is -2.38. The Bertz CT molecular complexity index is 1170. The van der Waals surface area contributed by atoms with Crippen molar-refractivity contribution < 1.29 is 18.7 Å². The summed E-state index contributed by atoms with van der Waals surface area (Å²) in [5.74, 6) is 0.807. The van der Waals surface area contributed by atoms with Gasteiger partial charge in [-0.1, -0.05) is 35.9 Å². The SMILES string of the molecule is COP(=O)(/N=C1/Cc2ccc(O)cc2C(C)N1Cc1sc2ccccc2c1Cl)OC. The Kier molecular flexibility index (Phi) is 5.93. The Balaban J connectivity index is 1.81. The number of thiophene rings is 1. The fourth-order valence-electron chi connectivity index (χ4n) is 3.74. The predicted octanol–water partition coefficient (Wildman–Crippen LogP) is 6.18. The van der Waals surface area contributed by atoms with Gasteiger partial charge in [-0.3, -0.25) is 9.05 Å². The van der Waals surface area contributed by atoms with E-state index in [2.05, 4.69) is 4.76 Å². The topological polar surface area (TPSA) is 71.4 Å². The molecular weight excluding hydrogens is 443 g/mol. The van der Waals surface area contributed by atoms with Gasteiger partial charge in [-0.2, -0.15) is 4.76 Å². The zero-order valence-corrected chi connectivity index (χ0v) is 19.3. The van der Waals surface area contributed by atoms with Crippen molar-refractivity contribution in [3.8, 4) is 5.75 Å². The van der Waals surface area contributed by atoms with Crippen molar-refractivity contribution in [3.63, 3.8) is 0 Å². The largest absolute Gasteiger partial charge is 0.508 e. The number of nitrogens with zero attached hydrogens (tertiary/aromatic N) is 2. The molecule has 1 aliphatic rings. The van der Waals surface area contributed by atoms with Crippen LogP contribution in [0.1, 0.15) is 29.0 Å². The van der Waals surface area contributed by atoms with E-state index in [-0.39, 0.29) is 11.8 Å². The summed E-state index contributed by atoms with van der Waals surface area (Å²) in [4.78, 5) is 3.04. The minimum Gasteiger partial charge on any atom is -0.508 e. The number of halogens is 1. The van der Waals surface area contributed by atoms with Crippen LogP contribution in [-0.4, -0.2) is 30.1 Å². The summed E-state index contributed by atoms with van der Waals surface area (Å²) < 4.78 is 28.4. The predicted molar refractivity (Wildman–Crippen MR) is 122 cm³/mol. The fourth-order valence-corrected chi connectivity index (χ4v) is 6.01. The number of benzene rings is 2. The maximum Gasteiger partial charge on any atom is 0.454 e. The smallest absolute Gasteiger partial charge is 0.454 e. The molecule has 158 valence electrons. The maximum absolute atomic E-state index is 12.8. The highest BCUT2D eigenvalue weighted by Crippen LogP contribution is 2.50. The molecule has 1 N–H and O–H groups in total. The monoisotopic (exact) mass is 464 g/mol. The Hall–Kier alpha value is -1.89. The van der Waals surface area contributed by atoms with Crippen molar-refractivity contribution in [1.82, 2.24) is 4.90 Å². The van der Waals surface area contributed by atoms with Crippen molar-refractivity contribution >= 4 is 46.6 Å². The molecule has 9 heteroatoms. The normalized spacial score (nSPS) is 18.2. The van der Waals surface area contributed by atoms with E-state index < -0.39 is 7.75 Å². The van der Waals surface area contributed by atoms with Gasteiger partial charge in [-0.15, -0.1) is 11.3 Å². The molecule has 0 fully saturated rings. The van der Waals surface area contributed by atoms with E-state index >= 15 is 0 Å². The number of aromatic hydroxyl groups is 1. The van der Waals surface area contributed by atoms with Gasteiger partial charge in [0, 0.05) is 35.6 Å². The molecule has 0 spiro atoms. The molecule has 3 aromatic rings. The van der Waals surface area contributed by atoms with Gasteiger partial charge < -0.3 is 10.0 Å². The molecule has 0 saturated heterocycles. The molecule has 1 aliphatic heterocycles. The number of phenolic OH excluding ortho intramolecular Hbond substituents is 1. The van der Waals surface area contributed by atoms with Crippen LogP contribution in [0.15, 0.2) is 47.2 Å². The van der Waals surface area contributed by atoms with Crippen LogP contribution < -0.4 is 0 Å². The lowest BCUT2D eigenvalue weighted by Crippen LogP contribution is -2.38. The minimum atomic E-state index is -3.61. The molecule has 1 aromatic heterocycles. The van der Waals surface area contributed by atoms with E-state index in [9.17, 15) is 9.67 Å². The van der Waals surface area contributed by atoms with Crippen LogP contribution in [0.4, 0.5) is 0 Å². The van der Waals surface area contributed by atoms with Gasteiger partial charge in [-0.05, 0) is 36.2 Å². The van der Waals surface area contributed by atoms with E-state index in [1.165, 1.54) is 14.2 Å². The van der Waals surface area contributed by atoms with Gasteiger partial charge in [0.25, 0.3) is 0 Å². The zero-order chi connectivity index (χ0) is 21.5. The molecule has 4 rings (SSSR count). The molecule has 0 amide bonds. The number of rotatable bonds is 5. The van der Waals surface area contributed by atoms with E-state index in [0.29, 0.717) is 23.8 Å². The lowest BCUT2D eigenvalue weighted by molar-refractivity contribution is 0.273. The quantitative estimate of drug-likeness (QED) is 0.456. The summed E-state index contributed by atoms with van der Waals surface area (Å²) in [7, 11) is -0.974. The first-order chi connectivity index (χ1) is 14.3. The third-order valence-corrected chi connectivity index (χ3v) is 8.44. The second-order valence-corrected chi connectivity index (χ2v) is 10.4. The van der Waals surface area contributed by atoms with Crippen LogP contribution in [-0.2, 0) is 26.6 Å². The molecule has 2 aromatic carbocycles. The van der Waals surface area contributed by atoms with Gasteiger partial charge in [-0.25, -0.2) is 4.57 Å². The van der Waals surface area contributed by atoms with Crippen LogP contribution >= 0.6 is 30.7 Å². The first-order valence-electron chi connectivity index (χ1n) is 9.40. The number of fused-ring (bicyclic) bond motifs is 2. The maximum atomic E-state index is 12.8. The first-order valence-corrected chi connectivity index (χ1v) is 12.1. The molecule has 0 saturated carbocycles. The third-order valence-electron chi connectivity index (χ3n) is 5.34. The summed E-state index contributed by atoms with van der Waals surface area (Å²) in [5.41, 5.74) is 2.01. The molecule has 1 unspecified atom stereocenters. The standard InChI is InChI=1S/C21H22ClN2O4PS/c1-13-17-11-15(25)9-8-14(17)10-20(23-29(26,27-2)28-3)24(13)12-19-21(22)16-6-4-5-7-18(16)30-19/h4-9,11,13,25H,10,12H2,1-3H3/b23-20-. The number of hydrogen-bond acceptors (Lipinski definition) is 5. The highest BCUT2D eigenvalue weighted by molar-refractivity contribution is 7.52. The van der Waals surface area contributed by atoms with Gasteiger partial charge in [0.15, 0.2) is 0 Å². The zero-order valence-electron chi connectivity index (χ0n) is 16.8. The van der Waals surface area contributed by atoms with Crippen molar-refractivity contribution in [3.05, 3.63) is 63.5 Å². The van der Waals surface area contributed by atoms with Crippen molar-refractivity contribution in [2.24, 2.45) is 4.76 Å². The second kappa shape index (κ2) is 8.33. The average Bonchev–Trinajstić information content (AvgIpc) is 3.07. The van der Waals surface area contributed by atoms with E-state index in [1.54, 1.807) is 23.5 Å². The Morgan fingerprint density at radius 3 is 2.70 bits per heavy atom. The Labute approximate surface area is 184 Å². The van der Waals surface area contributed by atoms with Crippen LogP contribution in [0.5, 0.6) is 5.75 Å². The molecule has 30 heavy (non-hydrogen) atoms. The fraction of sp³-hybridized carbons (Fsp3) is 0.286. The molecular formula is C21H22ClN2O4PS. The average molecular weight is 465 g/mol. The summed E-state index contributed by atoms with van der Waals surface area (Å²) in [6, 6.07) is 13.2. The van der Waals surface area contributed by atoms with Crippen LogP contribution in [0.3, 0.4) is 0 Å². The van der Waals surface area contributed by atoms with Gasteiger partial charge >= 0.3 is 7.75 Å². The molecule has 6 nitrogen and oxygen atoms in total. The highest BCUT2D eigenvalue weighted by Gasteiger charge is 2.32. The number of amidine groups is 1. The molecule has 0 radical (unpaired) electrons. The van der Waals surface area contributed by atoms with Gasteiger partial charge in [0.2, 0.25) is 0 Å². The molecule has 1 atom stereocenters. The highest BCUT2D eigenvalue weighted by atomic mass is 35.5. The van der Waals surface area contributed by atoms with Crippen molar-refractivity contribution in [2.75, 3.05) is 14.2 Å². The van der Waals surface area contributed by atoms with Crippen molar-refractivity contribution in [2.45, 2.75) is 25.9 Å². The summed E-state index contributed by atoms with van der Waals surface area (Å²) >= 11 is 8.31. The molecule has 0 bridgehead atoms. The number of hydrogen-bond donors (Lipinski definition) is 1. The first kappa shape index (κ1) is 21.3. The third kappa shape index (κ3) is 3.88. The summed E-state index contributed by atoms with van der Waals surface area (Å²) in [6.45, 7) is 2.51. The van der Waals surface area contributed by atoms with Crippen molar-refractivity contribution in [1.29, 1.82) is 0 Å². The van der Waals surface area contributed by atoms with Crippen LogP contribution in [0.2, 0.25) is 5.02 Å². The molecule has 0 aliphatic carbocycles. The number of phenols is 1.